The van der Waals surface area contributed by atoms with Gasteiger partial charge in [-0.05, 0) is 61.6 Å². The third kappa shape index (κ3) is 3.49. The van der Waals surface area contributed by atoms with E-state index in [9.17, 15) is 4.79 Å². The zero-order valence-electron chi connectivity index (χ0n) is 16.3. The quantitative estimate of drug-likeness (QED) is 0.516. The van der Waals surface area contributed by atoms with Crippen molar-refractivity contribution in [3.63, 3.8) is 0 Å². The third-order valence-corrected chi connectivity index (χ3v) is 5.52. The Morgan fingerprint density at radius 3 is 2.79 bits per heavy atom. The fraction of sp³-hybridized carbons (Fsp3) is 0.227. The SMILES string of the molecule is CCN1C(=S)N[C@H](c2ccccn2)[C@H]1c1cccn1-c1cccc(C(=O)OC)c1. The number of benzene rings is 1. The number of methoxy groups -OCH3 is 1. The van der Waals surface area contributed by atoms with Crippen molar-refractivity contribution in [1.29, 1.82) is 0 Å². The van der Waals surface area contributed by atoms with Crippen LogP contribution in [-0.4, -0.2) is 39.2 Å². The van der Waals surface area contributed by atoms with Gasteiger partial charge < -0.3 is 19.5 Å². The van der Waals surface area contributed by atoms with Crippen LogP contribution in [0.4, 0.5) is 0 Å². The van der Waals surface area contributed by atoms with Gasteiger partial charge in [-0.25, -0.2) is 4.79 Å². The van der Waals surface area contributed by atoms with Crippen molar-refractivity contribution >= 4 is 23.3 Å². The number of nitrogens with zero attached hydrogens (tertiary/aromatic N) is 3. The van der Waals surface area contributed by atoms with E-state index in [1.165, 1.54) is 7.11 Å². The molecule has 1 saturated heterocycles. The van der Waals surface area contributed by atoms with Gasteiger partial charge in [-0.1, -0.05) is 12.1 Å². The van der Waals surface area contributed by atoms with Crippen molar-refractivity contribution in [2.75, 3.05) is 13.7 Å². The number of aromatic nitrogens is 2. The first-order valence-corrected chi connectivity index (χ1v) is 9.89. The first kappa shape index (κ1) is 19.1. The van der Waals surface area contributed by atoms with Gasteiger partial charge in [-0.2, -0.15) is 0 Å². The Labute approximate surface area is 175 Å². The Morgan fingerprint density at radius 2 is 2.07 bits per heavy atom. The minimum Gasteiger partial charge on any atom is -0.465 e. The highest BCUT2D eigenvalue weighted by atomic mass is 32.1. The van der Waals surface area contributed by atoms with Crippen molar-refractivity contribution in [3.05, 3.63) is 83.9 Å². The molecule has 29 heavy (non-hydrogen) atoms. The number of hydrogen-bond donors (Lipinski definition) is 1. The number of likely N-dealkylation sites (N-methyl/N-ethyl adjacent to an activating group) is 1. The Balaban J connectivity index is 1.79. The summed E-state index contributed by atoms with van der Waals surface area (Å²) in [5, 5.41) is 4.15. The van der Waals surface area contributed by atoms with E-state index in [4.69, 9.17) is 17.0 Å². The number of hydrogen-bond acceptors (Lipinski definition) is 4. The van der Waals surface area contributed by atoms with Crippen molar-refractivity contribution < 1.29 is 9.53 Å². The van der Waals surface area contributed by atoms with Crippen LogP contribution in [0.25, 0.3) is 5.69 Å². The predicted molar refractivity (Wildman–Crippen MR) is 115 cm³/mol. The molecule has 0 bridgehead atoms. The number of thiocarbonyl (C=S) groups is 1. The van der Waals surface area contributed by atoms with Crippen LogP contribution in [0.2, 0.25) is 0 Å². The van der Waals surface area contributed by atoms with Gasteiger partial charge in [0.05, 0.1) is 30.5 Å². The van der Waals surface area contributed by atoms with Gasteiger partial charge in [-0.15, -0.1) is 0 Å². The van der Waals surface area contributed by atoms with Crippen LogP contribution in [0.15, 0.2) is 67.0 Å². The molecule has 0 aliphatic carbocycles. The molecule has 1 N–H and O–H groups in total. The largest absolute Gasteiger partial charge is 0.465 e. The first-order valence-electron chi connectivity index (χ1n) is 9.48. The van der Waals surface area contributed by atoms with E-state index in [1.54, 1.807) is 12.3 Å². The van der Waals surface area contributed by atoms with E-state index in [0.717, 1.165) is 23.6 Å². The predicted octanol–water partition coefficient (Wildman–Crippen LogP) is 3.65. The highest BCUT2D eigenvalue weighted by Gasteiger charge is 2.40. The van der Waals surface area contributed by atoms with Gasteiger partial charge in [0.15, 0.2) is 5.11 Å². The van der Waals surface area contributed by atoms with E-state index in [2.05, 4.69) is 32.8 Å². The lowest BCUT2D eigenvalue weighted by molar-refractivity contribution is 0.0600. The van der Waals surface area contributed by atoms with Gasteiger partial charge in [0.2, 0.25) is 0 Å². The average Bonchev–Trinajstić information content (AvgIpc) is 3.37. The Bertz CT molecular complexity index is 1030. The molecule has 0 spiro atoms. The van der Waals surface area contributed by atoms with Crippen LogP contribution in [0.3, 0.4) is 0 Å². The molecule has 3 heterocycles. The molecule has 148 valence electrons. The zero-order valence-corrected chi connectivity index (χ0v) is 17.1. The van der Waals surface area contributed by atoms with E-state index in [0.29, 0.717) is 10.7 Å². The van der Waals surface area contributed by atoms with E-state index in [-0.39, 0.29) is 18.1 Å². The molecule has 0 saturated carbocycles. The number of nitrogens with one attached hydrogen (secondary N) is 1. The summed E-state index contributed by atoms with van der Waals surface area (Å²) in [5.41, 5.74) is 3.41. The standard InChI is InChI=1S/C22H22N4O2S/c1-3-25-20(19(24-22(25)29)17-10-4-5-12-23-17)18-11-7-13-26(18)16-9-6-8-15(14-16)21(27)28-2/h4-14,19-20H,3H2,1-2H3,(H,24,29)/t19-,20-/m1/s1. The second-order valence-electron chi connectivity index (χ2n) is 6.76. The maximum Gasteiger partial charge on any atom is 0.337 e. The first-order chi connectivity index (χ1) is 14.1. The summed E-state index contributed by atoms with van der Waals surface area (Å²) in [6.07, 6.45) is 3.79. The normalized spacial score (nSPS) is 18.6. The molecule has 1 fully saturated rings. The van der Waals surface area contributed by atoms with Crippen molar-refractivity contribution in [2.45, 2.75) is 19.0 Å². The summed E-state index contributed by atoms with van der Waals surface area (Å²) in [6, 6.07) is 17.3. The second-order valence-corrected chi connectivity index (χ2v) is 7.14. The number of carbonyl (C=O) groups excluding carboxylic acids is 1. The van der Waals surface area contributed by atoms with Gasteiger partial charge in [0.25, 0.3) is 0 Å². The van der Waals surface area contributed by atoms with Gasteiger partial charge >= 0.3 is 5.97 Å². The smallest absolute Gasteiger partial charge is 0.337 e. The van der Waals surface area contributed by atoms with Crippen LogP contribution < -0.4 is 5.32 Å². The number of pyridine rings is 1. The fourth-order valence-electron chi connectivity index (χ4n) is 3.84. The molecule has 1 aliphatic rings. The van der Waals surface area contributed by atoms with Crippen LogP contribution in [0, 0.1) is 0 Å². The Kier molecular flexibility index (Phi) is 5.31. The summed E-state index contributed by atoms with van der Waals surface area (Å²) >= 11 is 5.61. The minimum atomic E-state index is -0.356. The van der Waals surface area contributed by atoms with Crippen LogP contribution in [0.1, 0.15) is 40.8 Å². The summed E-state index contributed by atoms with van der Waals surface area (Å²) < 4.78 is 6.96. The highest BCUT2D eigenvalue weighted by molar-refractivity contribution is 7.80. The van der Waals surface area contributed by atoms with E-state index in [1.807, 2.05) is 48.7 Å². The summed E-state index contributed by atoms with van der Waals surface area (Å²) in [4.78, 5) is 18.7. The molecule has 1 aliphatic heterocycles. The van der Waals surface area contributed by atoms with Gasteiger partial charge in [-0.3, -0.25) is 4.98 Å². The molecule has 1 aromatic carbocycles. The monoisotopic (exact) mass is 406 g/mol. The fourth-order valence-corrected chi connectivity index (χ4v) is 4.21. The number of esters is 1. The van der Waals surface area contributed by atoms with Crippen molar-refractivity contribution in [1.82, 2.24) is 19.8 Å². The molecule has 0 radical (unpaired) electrons. The van der Waals surface area contributed by atoms with Crippen LogP contribution in [0.5, 0.6) is 0 Å². The lowest BCUT2D eigenvalue weighted by Crippen LogP contribution is -2.30. The molecule has 6 nitrogen and oxygen atoms in total. The molecular weight excluding hydrogens is 384 g/mol. The lowest BCUT2D eigenvalue weighted by atomic mass is 10.0. The third-order valence-electron chi connectivity index (χ3n) is 5.17. The minimum absolute atomic E-state index is 0.0285. The zero-order chi connectivity index (χ0) is 20.4. The average molecular weight is 407 g/mol. The highest BCUT2D eigenvalue weighted by Crippen LogP contribution is 2.39. The number of carbonyl (C=O) groups is 1. The van der Waals surface area contributed by atoms with Crippen molar-refractivity contribution in [2.24, 2.45) is 0 Å². The van der Waals surface area contributed by atoms with Crippen LogP contribution in [-0.2, 0) is 4.74 Å². The lowest BCUT2D eigenvalue weighted by Gasteiger charge is -2.28. The number of ether oxygens (including phenoxy) is 1. The second kappa shape index (κ2) is 8.05. The maximum absolute atomic E-state index is 12.0. The molecule has 0 unspecified atom stereocenters. The molecule has 3 aromatic rings. The summed E-state index contributed by atoms with van der Waals surface area (Å²) in [7, 11) is 1.39. The molecule has 7 heteroatoms. The van der Waals surface area contributed by atoms with Crippen LogP contribution >= 0.6 is 12.2 Å². The van der Waals surface area contributed by atoms with Gasteiger partial charge in [0, 0.05) is 30.3 Å². The molecule has 4 rings (SSSR count). The summed E-state index contributed by atoms with van der Waals surface area (Å²) in [5.74, 6) is -0.356. The molecule has 2 atom stereocenters. The number of rotatable bonds is 5. The molecular formula is C22H22N4O2S. The van der Waals surface area contributed by atoms with E-state index >= 15 is 0 Å². The van der Waals surface area contributed by atoms with Gasteiger partial charge in [0.1, 0.15) is 0 Å². The Morgan fingerprint density at radius 1 is 1.21 bits per heavy atom. The molecule has 2 aromatic heterocycles. The van der Waals surface area contributed by atoms with Crippen molar-refractivity contribution in [3.8, 4) is 5.69 Å². The summed E-state index contributed by atoms with van der Waals surface area (Å²) in [6.45, 7) is 2.86. The Hall–Kier alpha value is -3.19. The van der Waals surface area contributed by atoms with E-state index < -0.39 is 0 Å². The molecule has 0 amide bonds. The maximum atomic E-state index is 12.0. The topological polar surface area (TPSA) is 59.4 Å².